The number of nitrogens with one attached hydrogen (secondary N) is 1. The lowest BCUT2D eigenvalue weighted by atomic mass is 9.95. The van der Waals surface area contributed by atoms with E-state index in [-0.39, 0.29) is 0 Å². The van der Waals surface area contributed by atoms with Crippen molar-refractivity contribution in [1.29, 1.82) is 0 Å². The number of hydrogen-bond acceptors (Lipinski definition) is 2. The van der Waals surface area contributed by atoms with Crippen molar-refractivity contribution in [3.63, 3.8) is 0 Å². The van der Waals surface area contributed by atoms with Crippen molar-refractivity contribution in [1.82, 2.24) is 20.0 Å². The molecule has 1 N–H and O–H groups in total. The predicted octanol–water partition coefficient (Wildman–Crippen LogP) is 1.07. The number of nitrogens with zero attached hydrogens (tertiary/aromatic N) is 3. The maximum Gasteiger partial charge on any atom is 0.118 e. The molecule has 0 aliphatic heterocycles. The second kappa shape index (κ2) is 3.48. The van der Waals surface area contributed by atoms with E-state index >= 15 is 0 Å². The summed E-state index contributed by atoms with van der Waals surface area (Å²) in [4.78, 5) is 0. The van der Waals surface area contributed by atoms with Gasteiger partial charge in [0.05, 0.1) is 16.9 Å². The zero-order valence-corrected chi connectivity index (χ0v) is 9.73. The molecule has 3 rings (SSSR count). The van der Waals surface area contributed by atoms with Crippen LogP contribution < -0.4 is 5.46 Å². The molecule has 0 atom stereocenters. The summed E-state index contributed by atoms with van der Waals surface area (Å²) in [7, 11) is 7.66. The quantitative estimate of drug-likeness (QED) is 0.626. The van der Waals surface area contributed by atoms with Crippen LogP contribution in [-0.2, 0) is 7.05 Å². The van der Waals surface area contributed by atoms with Crippen LogP contribution in [0, 0.1) is 6.92 Å². The van der Waals surface area contributed by atoms with Gasteiger partial charge in [-0.1, -0.05) is 17.6 Å². The van der Waals surface area contributed by atoms with Crippen molar-refractivity contribution in [2.45, 2.75) is 6.92 Å². The molecule has 3 aromatic rings. The number of benzene rings is 1. The Bertz CT molecular complexity index is 696. The Morgan fingerprint density at radius 1 is 1.29 bits per heavy atom. The van der Waals surface area contributed by atoms with Crippen LogP contribution in [0.1, 0.15) is 5.69 Å². The summed E-state index contributed by atoms with van der Waals surface area (Å²) < 4.78 is 1.83. The molecule has 2 heterocycles. The fourth-order valence-electron chi connectivity index (χ4n) is 2.06. The number of aromatic nitrogens is 4. The van der Waals surface area contributed by atoms with E-state index in [9.17, 15) is 0 Å². The van der Waals surface area contributed by atoms with E-state index in [1.54, 1.807) is 0 Å². The highest BCUT2D eigenvalue weighted by Crippen LogP contribution is 2.25. The van der Waals surface area contributed by atoms with E-state index in [1.165, 1.54) is 0 Å². The van der Waals surface area contributed by atoms with E-state index < -0.39 is 0 Å². The topological polar surface area (TPSA) is 46.5 Å². The molecule has 2 radical (unpaired) electrons. The van der Waals surface area contributed by atoms with Gasteiger partial charge in [-0.2, -0.15) is 10.2 Å². The van der Waals surface area contributed by atoms with Crippen LogP contribution in [0.2, 0.25) is 0 Å². The number of fused-ring (bicyclic) bond motifs is 1. The van der Waals surface area contributed by atoms with Gasteiger partial charge in [0.15, 0.2) is 0 Å². The van der Waals surface area contributed by atoms with Gasteiger partial charge in [-0.05, 0) is 19.1 Å². The lowest BCUT2D eigenvalue weighted by Crippen LogP contribution is -1.99. The molecule has 17 heavy (non-hydrogen) atoms. The second-order valence-electron chi connectivity index (χ2n) is 4.17. The highest BCUT2D eigenvalue weighted by atomic mass is 15.3. The molecule has 0 amide bonds. The third kappa shape index (κ3) is 1.55. The normalized spacial score (nSPS) is 11.2. The van der Waals surface area contributed by atoms with E-state index in [4.69, 9.17) is 7.85 Å². The summed E-state index contributed by atoms with van der Waals surface area (Å²) in [5, 5.41) is 12.7. The SMILES string of the molecule is [B]c1ccc2c(-c3cc(C)nn3C)n[nH]c2c1. The number of rotatable bonds is 1. The molecule has 0 saturated carbocycles. The Labute approximate surface area is 100 Å². The number of aromatic amines is 1. The van der Waals surface area contributed by atoms with Gasteiger partial charge in [0.25, 0.3) is 0 Å². The van der Waals surface area contributed by atoms with Crippen molar-refractivity contribution >= 4 is 24.2 Å². The standard InChI is InChI=1S/C12H11BN4/c1-7-5-11(17(2)16-7)12-9-4-3-8(13)6-10(9)14-15-12/h3-6H,1-2H3,(H,14,15). The number of hydrogen-bond donors (Lipinski definition) is 1. The van der Waals surface area contributed by atoms with Crippen LogP contribution in [0.5, 0.6) is 0 Å². The average Bonchev–Trinajstić information content (AvgIpc) is 2.81. The molecule has 82 valence electrons. The van der Waals surface area contributed by atoms with Gasteiger partial charge in [0, 0.05) is 12.4 Å². The Balaban J connectivity index is 2.28. The van der Waals surface area contributed by atoms with Crippen LogP contribution >= 0.6 is 0 Å². The first-order valence-electron chi connectivity index (χ1n) is 5.40. The Hall–Kier alpha value is -2.04. The molecule has 4 nitrogen and oxygen atoms in total. The fraction of sp³-hybridized carbons (Fsp3) is 0.167. The van der Waals surface area contributed by atoms with E-state index in [1.807, 2.05) is 42.9 Å². The lowest BCUT2D eigenvalue weighted by molar-refractivity contribution is 0.762. The average molecular weight is 222 g/mol. The summed E-state index contributed by atoms with van der Waals surface area (Å²) in [5.41, 5.74) is 4.56. The molecule has 1 aromatic carbocycles. The predicted molar refractivity (Wildman–Crippen MR) is 68.4 cm³/mol. The molecule has 0 bridgehead atoms. The van der Waals surface area contributed by atoms with Crippen molar-refractivity contribution in [3.8, 4) is 11.4 Å². The first kappa shape index (κ1) is 10.1. The van der Waals surface area contributed by atoms with Gasteiger partial charge >= 0.3 is 0 Å². The summed E-state index contributed by atoms with van der Waals surface area (Å²) in [6, 6.07) is 7.76. The summed E-state index contributed by atoms with van der Waals surface area (Å²) in [6.45, 7) is 1.97. The number of aryl methyl sites for hydroxylation is 2. The lowest BCUT2D eigenvalue weighted by Gasteiger charge is -1.98. The first-order chi connectivity index (χ1) is 8.15. The molecule has 2 aromatic heterocycles. The van der Waals surface area contributed by atoms with E-state index in [0.717, 1.165) is 33.4 Å². The van der Waals surface area contributed by atoms with Crippen LogP contribution in [0.4, 0.5) is 0 Å². The van der Waals surface area contributed by atoms with Gasteiger partial charge in [0.1, 0.15) is 13.5 Å². The monoisotopic (exact) mass is 222 g/mol. The van der Waals surface area contributed by atoms with Crippen molar-refractivity contribution < 1.29 is 0 Å². The minimum absolute atomic E-state index is 0.730. The van der Waals surface area contributed by atoms with Crippen molar-refractivity contribution in [2.75, 3.05) is 0 Å². The van der Waals surface area contributed by atoms with E-state index in [0.29, 0.717) is 0 Å². The maximum absolute atomic E-state index is 5.74. The molecular formula is C12H11BN4. The fourth-order valence-corrected chi connectivity index (χ4v) is 2.06. The van der Waals surface area contributed by atoms with Gasteiger partial charge < -0.3 is 0 Å². The smallest absolute Gasteiger partial charge is 0.118 e. The Morgan fingerprint density at radius 3 is 2.82 bits per heavy atom. The van der Waals surface area contributed by atoms with Crippen LogP contribution in [-0.4, -0.2) is 27.8 Å². The highest BCUT2D eigenvalue weighted by Gasteiger charge is 2.12. The number of H-pyrrole nitrogens is 1. The molecule has 0 fully saturated rings. The molecular weight excluding hydrogens is 211 g/mol. The molecule has 5 heteroatoms. The Morgan fingerprint density at radius 2 is 2.12 bits per heavy atom. The van der Waals surface area contributed by atoms with Gasteiger partial charge in [-0.25, -0.2) is 0 Å². The zero-order chi connectivity index (χ0) is 12.0. The Kier molecular flexibility index (Phi) is 2.08. The molecule has 0 spiro atoms. The third-order valence-electron chi connectivity index (χ3n) is 2.83. The van der Waals surface area contributed by atoms with Gasteiger partial charge in [-0.3, -0.25) is 9.78 Å². The molecule has 0 saturated heterocycles. The van der Waals surface area contributed by atoms with Gasteiger partial charge in [-0.15, -0.1) is 0 Å². The molecule has 0 unspecified atom stereocenters. The van der Waals surface area contributed by atoms with Gasteiger partial charge in [0.2, 0.25) is 0 Å². The molecule has 0 aliphatic rings. The third-order valence-corrected chi connectivity index (χ3v) is 2.83. The zero-order valence-electron chi connectivity index (χ0n) is 9.73. The van der Waals surface area contributed by atoms with Crippen LogP contribution in [0.15, 0.2) is 24.3 Å². The van der Waals surface area contributed by atoms with Crippen molar-refractivity contribution in [2.24, 2.45) is 7.05 Å². The minimum atomic E-state index is 0.730. The first-order valence-corrected chi connectivity index (χ1v) is 5.40. The summed E-state index contributed by atoms with van der Waals surface area (Å²) in [6.07, 6.45) is 0. The van der Waals surface area contributed by atoms with E-state index in [2.05, 4.69) is 15.3 Å². The highest BCUT2D eigenvalue weighted by molar-refractivity contribution is 6.33. The van der Waals surface area contributed by atoms with Crippen LogP contribution in [0.25, 0.3) is 22.3 Å². The van der Waals surface area contributed by atoms with Crippen molar-refractivity contribution in [3.05, 3.63) is 30.0 Å². The molecule has 0 aliphatic carbocycles. The largest absolute Gasteiger partial charge is 0.277 e. The van der Waals surface area contributed by atoms with Crippen LogP contribution in [0.3, 0.4) is 0 Å². The minimum Gasteiger partial charge on any atom is -0.277 e. The summed E-state index contributed by atoms with van der Waals surface area (Å²) >= 11 is 0. The maximum atomic E-state index is 5.74. The summed E-state index contributed by atoms with van der Waals surface area (Å²) in [5.74, 6) is 0. The second-order valence-corrected chi connectivity index (χ2v) is 4.17.